The van der Waals surface area contributed by atoms with E-state index in [1.54, 1.807) is 6.07 Å². The Morgan fingerprint density at radius 2 is 1.73 bits per heavy atom. The first-order valence-electron chi connectivity index (χ1n) is 10.0. The lowest BCUT2D eigenvalue weighted by molar-refractivity contribution is -0.137. The van der Waals surface area contributed by atoms with E-state index in [2.05, 4.69) is 11.8 Å². The molecule has 0 atom stereocenters. The molecule has 30 heavy (non-hydrogen) atoms. The van der Waals surface area contributed by atoms with E-state index in [1.165, 1.54) is 12.1 Å². The molecule has 0 radical (unpaired) electrons. The zero-order valence-electron chi connectivity index (χ0n) is 17.0. The minimum absolute atomic E-state index is 0.0817. The van der Waals surface area contributed by atoms with E-state index in [-0.39, 0.29) is 12.5 Å². The van der Waals surface area contributed by atoms with Crippen molar-refractivity contribution in [2.75, 3.05) is 32.7 Å². The number of carbonyl (C=O) groups excluding carboxylic acids is 1. The number of amides is 1. The number of carbonyl (C=O) groups is 1. The summed E-state index contributed by atoms with van der Waals surface area (Å²) in [6, 6.07) is 8.64. The van der Waals surface area contributed by atoms with Crippen LogP contribution < -0.4 is 0 Å². The van der Waals surface area contributed by atoms with Crippen molar-refractivity contribution in [2.24, 2.45) is 0 Å². The fraction of sp³-hybridized carbons (Fsp3) is 0.409. The van der Waals surface area contributed by atoms with Gasteiger partial charge in [0, 0.05) is 44.9 Å². The molecule has 0 N–H and O–H groups in total. The van der Waals surface area contributed by atoms with Crippen LogP contribution in [0.5, 0.6) is 0 Å². The highest BCUT2D eigenvalue weighted by Gasteiger charge is 2.30. The van der Waals surface area contributed by atoms with Crippen LogP contribution >= 0.6 is 0 Å². The number of aromatic nitrogens is 1. The van der Waals surface area contributed by atoms with E-state index in [0.717, 1.165) is 43.0 Å². The molecule has 0 unspecified atom stereocenters. The molecule has 0 saturated carbocycles. The second-order valence-corrected chi connectivity index (χ2v) is 7.64. The Balaban J connectivity index is 1.64. The molecule has 160 valence electrons. The zero-order valence-corrected chi connectivity index (χ0v) is 17.0. The molecule has 0 aliphatic carbocycles. The molecule has 0 bridgehead atoms. The largest absolute Gasteiger partial charge is 0.460 e. The molecule has 1 saturated heterocycles. The first-order chi connectivity index (χ1) is 14.3. The number of rotatable bonds is 4. The van der Waals surface area contributed by atoms with E-state index in [1.807, 2.05) is 22.5 Å². The van der Waals surface area contributed by atoms with Crippen LogP contribution in [0.2, 0.25) is 0 Å². The molecular weight excluding hydrogens is 395 g/mol. The molecule has 1 aliphatic rings. The van der Waals surface area contributed by atoms with E-state index >= 15 is 0 Å². The molecule has 4 rings (SSSR count). The predicted octanol–water partition coefficient (Wildman–Crippen LogP) is 4.39. The molecule has 1 aliphatic heterocycles. The van der Waals surface area contributed by atoms with Gasteiger partial charge in [0.1, 0.15) is 11.5 Å². The molecule has 5 nitrogen and oxygen atoms in total. The molecule has 1 fully saturated rings. The lowest BCUT2D eigenvalue weighted by atomic mass is 10.1. The van der Waals surface area contributed by atoms with Crippen LogP contribution in [0.3, 0.4) is 0 Å². The summed E-state index contributed by atoms with van der Waals surface area (Å²) in [5.41, 5.74) is 1.86. The zero-order chi connectivity index (χ0) is 21.5. The Labute approximate surface area is 172 Å². The van der Waals surface area contributed by atoms with E-state index in [9.17, 15) is 18.0 Å². The highest BCUT2D eigenvalue weighted by Crippen LogP contribution is 2.30. The van der Waals surface area contributed by atoms with Crippen molar-refractivity contribution in [1.29, 1.82) is 0 Å². The van der Waals surface area contributed by atoms with Crippen molar-refractivity contribution in [1.82, 2.24) is 14.4 Å². The van der Waals surface area contributed by atoms with Crippen LogP contribution in [0.15, 0.2) is 40.8 Å². The van der Waals surface area contributed by atoms with E-state index in [4.69, 9.17) is 4.42 Å². The summed E-state index contributed by atoms with van der Waals surface area (Å²) >= 11 is 0. The lowest BCUT2D eigenvalue weighted by Gasteiger charge is -2.34. The third kappa shape index (κ3) is 3.96. The van der Waals surface area contributed by atoms with Gasteiger partial charge in [-0.05, 0) is 31.2 Å². The Kier molecular flexibility index (Phi) is 5.36. The van der Waals surface area contributed by atoms with Crippen molar-refractivity contribution in [3.05, 3.63) is 59.0 Å². The summed E-state index contributed by atoms with van der Waals surface area (Å²) in [5, 5.41) is 0. The maximum absolute atomic E-state index is 13.2. The van der Waals surface area contributed by atoms with Crippen LogP contribution in [0.4, 0.5) is 13.2 Å². The Morgan fingerprint density at radius 1 is 1.07 bits per heavy atom. The molecule has 8 heteroatoms. The van der Waals surface area contributed by atoms with Gasteiger partial charge in [0.25, 0.3) is 5.91 Å². The number of furan rings is 1. The second-order valence-electron chi connectivity index (χ2n) is 7.64. The first kappa shape index (κ1) is 20.5. The van der Waals surface area contributed by atoms with Crippen LogP contribution in [0.25, 0.3) is 11.1 Å². The van der Waals surface area contributed by atoms with Gasteiger partial charge in [-0.25, -0.2) is 0 Å². The monoisotopic (exact) mass is 419 g/mol. The number of likely N-dealkylation sites (N-methyl/N-ethyl adjacent to an activating group) is 1. The summed E-state index contributed by atoms with van der Waals surface area (Å²) in [7, 11) is 0. The van der Waals surface area contributed by atoms with Gasteiger partial charge in [-0.3, -0.25) is 4.79 Å². The Hall–Kier alpha value is -2.74. The fourth-order valence-corrected chi connectivity index (χ4v) is 3.92. The summed E-state index contributed by atoms with van der Waals surface area (Å²) < 4.78 is 46.1. The van der Waals surface area contributed by atoms with Gasteiger partial charge >= 0.3 is 6.18 Å². The third-order valence-electron chi connectivity index (χ3n) is 5.66. The third-order valence-corrected chi connectivity index (χ3v) is 5.66. The Bertz CT molecular complexity index is 1040. The normalized spacial score (nSPS) is 15.8. The van der Waals surface area contributed by atoms with Crippen LogP contribution in [0.1, 0.15) is 34.3 Å². The summed E-state index contributed by atoms with van der Waals surface area (Å²) in [4.78, 5) is 17.4. The molecule has 1 aromatic carbocycles. The molecule has 3 aromatic rings. The quantitative estimate of drug-likeness (QED) is 0.630. The number of nitrogens with zero attached hydrogens (tertiary/aromatic N) is 3. The molecule has 3 heterocycles. The number of hydrogen-bond donors (Lipinski definition) is 0. The smallest absolute Gasteiger partial charge is 0.416 e. The van der Waals surface area contributed by atoms with Crippen molar-refractivity contribution < 1.29 is 22.4 Å². The predicted molar refractivity (Wildman–Crippen MR) is 108 cm³/mol. The van der Waals surface area contributed by atoms with Gasteiger partial charge in [0.2, 0.25) is 0 Å². The van der Waals surface area contributed by atoms with Crippen LogP contribution in [0, 0.1) is 6.92 Å². The highest BCUT2D eigenvalue weighted by molar-refractivity contribution is 5.97. The number of piperazine rings is 1. The number of alkyl halides is 3. The molecular formula is C22H24F3N3O2. The number of halogens is 3. The van der Waals surface area contributed by atoms with Gasteiger partial charge in [0.15, 0.2) is 5.58 Å². The first-order valence-corrected chi connectivity index (χ1v) is 10.0. The van der Waals surface area contributed by atoms with E-state index in [0.29, 0.717) is 29.9 Å². The summed E-state index contributed by atoms with van der Waals surface area (Å²) in [5.74, 6) is 0.637. The average Bonchev–Trinajstić information content (AvgIpc) is 3.24. The molecule has 2 aromatic heterocycles. The minimum atomic E-state index is -4.37. The second kappa shape index (κ2) is 7.83. The minimum Gasteiger partial charge on any atom is -0.460 e. The highest BCUT2D eigenvalue weighted by atomic mass is 19.4. The summed E-state index contributed by atoms with van der Waals surface area (Å²) in [6.45, 7) is 8.14. The van der Waals surface area contributed by atoms with Gasteiger partial charge in [0.05, 0.1) is 11.1 Å². The van der Waals surface area contributed by atoms with Gasteiger partial charge in [-0.1, -0.05) is 19.1 Å². The van der Waals surface area contributed by atoms with Crippen molar-refractivity contribution >= 4 is 17.0 Å². The van der Waals surface area contributed by atoms with Crippen molar-refractivity contribution in [3.63, 3.8) is 0 Å². The molecule has 1 amide bonds. The van der Waals surface area contributed by atoms with Gasteiger partial charge < -0.3 is 18.8 Å². The van der Waals surface area contributed by atoms with Gasteiger partial charge in [-0.15, -0.1) is 0 Å². The SMILES string of the molecule is CCN1CCN(C(=O)c2cc3oc(C)cc3n2Cc2ccc(C(F)(F)F)cc2)CC1. The van der Waals surface area contributed by atoms with Crippen LogP contribution in [-0.4, -0.2) is 53.0 Å². The molecule has 0 spiro atoms. The van der Waals surface area contributed by atoms with Crippen molar-refractivity contribution in [3.8, 4) is 0 Å². The average molecular weight is 419 g/mol. The van der Waals surface area contributed by atoms with Crippen LogP contribution in [-0.2, 0) is 12.7 Å². The van der Waals surface area contributed by atoms with Crippen molar-refractivity contribution in [2.45, 2.75) is 26.6 Å². The topological polar surface area (TPSA) is 41.6 Å². The maximum Gasteiger partial charge on any atom is 0.416 e. The maximum atomic E-state index is 13.2. The lowest BCUT2D eigenvalue weighted by Crippen LogP contribution is -2.48. The Morgan fingerprint density at radius 3 is 2.33 bits per heavy atom. The fourth-order valence-electron chi connectivity index (χ4n) is 3.92. The number of benzene rings is 1. The number of hydrogen-bond acceptors (Lipinski definition) is 3. The number of fused-ring (bicyclic) bond motifs is 1. The summed E-state index contributed by atoms with van der Waals surface area (Å²) in [6.07, 6.45) is -4.37. The standard InChI is InChI=1S/C22H24F3N3O2/c1-3-26-8-10-27(11-9-26)21(29)19-13-20-18(12-15(2)30-20)28(19)14-16-4-6-17(7-5-16)22(23,24)25/h4-7,12-13H,3,8-11,14H2,1-2H3. The number of aryl methyl sites for hydroxylation is 1. The van der Waals surface area contributed by atoms with E-state index < -0.39 is 11.7 Å². The van der Waals surface area contributed by atoms with Gasteiger partial charge in [-0.2, -0.15) is 13.2 Å².